The molecule has 0 radical (unpaired) electrons. The third-order valence-electron chi connectivity index (χ3n) is 4.16. The highest BCUT2D eigenvalue weighted by atomic mass is 16.5. The molecule has 6 heteroatoms. The lowest BCUT2D eigenvalue weighted by Gasteiger charge is -2.24. The summed E-state index contributed by atoms with van der Waals surface area (Å²) in [4.78, 5) is 16.8. The number of methoxy groups -OCH3 is 1. The molecule has 2 heterocycles. The fourth-order valence-electron chi connectivity index (χ4n) is 2.90. The minimum Gasteiger partial charge on any atom is -0.383 e. The summed E-state index contributed by atoms with van der Waals surface area (Å²) < 4.78 is 10.8. The number of carbonyl (C=O) groups is 1. The van der Waals surface area contributed by atoms with Crippen molar-refractivity contribution in [3.8, 4) is 0 Å². The minimum absolute atomic E-state index is 0.0640. The largest absolute Gasteiger partial charge is 0.383 e. The Balaban J connectivity index is 1.79. The zero-order valence-corrected chi connectivity index (χ0v) is 12.4. The Morgan fingerprint density at radius 2 is 2.15 bits per heavy atom. The molecule has 2 aliphatic heterocycles. The third kappa shape index (κ3) is 4.15. The molecule has 2 atom stereocenters. The summed E-state index contributed by atoms with van der Waals surface area (Å²) in [7, 11) is 1.72. The maximum atomic E-state index is 12.5. The van der Waals surface area contributed by atoms with Crippen LogP contribution in [0.2, 0.25) is 0 Å². The lowest BCUT2D eigenvalue weighted by Crippen LogP contribution is -2.42. The van der Waals surface area contributed by atoms with Crippen LogP contribution in [0.1, 0.15) is 19.3 Å². The molecule has 0 aliphatic carbocycles. The molecule has 2 saturated heterocycles. The molecule has 2 fully saturated rings. The molecule has 0 bridgehead atoms. The highest BCUT2D eigenvalue weighted by Gasteiger charge is 2.33. The van der Waals surface area contributed by atoms with Crippen LogP contribution in [-0.2, 0) is 14.3 Å². The van der Waals surface area contributed by atoms with Gasteiger partial charge in [0.25, 0.3) is 5.91 Å². The molecular formula is C14H27N3O3. The van der Waals surface area contributed by atoms with Crippen LogP contribution >= 0.6 is 0 Å². The third-order valence-corrected chi connectivity index (χ3v) is 4.16. The van der Waals surface area contributed by atoms with Crippen LogP contribution in [0.15, 0.2) is 0 Å². The molecule has 2 N–H and O–H groups in total. The van der Waals surface area contributed by atoms with E-state index in [9.17, 15) is 4.79 Å². The SMILES string of the molecule is COCCN1CCCN(C(=O)C2CCC(CN)O2)CC1. The fraction of sp³-hybridized carbons (Fsp3) is 0.929. The fourth-order valence-corrected chi connectivity index (χ4v) is 2.90. The van der Waals surface area contributed by atoms with E-state index >= 15 is 0 Å². The number of hydrogen-bond donors (Lipinski definition) is 1. The summed E-state index contributed by atoms with van der Waals surface area (Å²) in [6.45, 7) is 5.76. The summed E-state index contributed by atoms with van der Waals surface area (Å²) in [5.74, 6) is 0.148. The first-order chi connectivity index (χ1) is 9.74. The van der Waals surface area contributed by atoms with Gasteiger partial charge in [-0.15, -0.1) is 0 Å². The lowest BCUT2D eigenvalue weighted by atomic mass is 10.2. The van der Waals surface area contributed by atoms with Crippen molar-refractivity contribution in [3.63, 3.8) is 0 Å². The first-order valence-electron chi connectivity index (χ1n) is 7.60. The number of nitrogens with two attached hydrogens (primary N) is 1. The van der Waals surface area contributed by atoms with Gasteiger partial charge in [-0.25, -0.2) is 0 Å². The number of ether oxygens (including phenoxy) is 2. The van der Waals surface area contributed by atoms with Gasteiger partial charge in [0.2, 0.25) is 0 Å². The predicted octanol–water partition coefficient (Wildman–Crippen LogP) is -0.327. The minimum atomic E-state index is -0.269. The van der Waals surface area contributed by atoms with Gasteiger partial charge in [-0.3, -0.25) is 9.69 Å². The Bertz CT molecular complexity index is 314. The van der Waals surface area contributed by atoms with Crippen LogP contribution in [0.3, 0.4) is 0 Å². The number of carbonyl (C=O) groups excluding carboxylic acids is 1. The standard InChI is InChI=1S/C14H27N3O3/c1-19-10-9-16-5-2-6-17(8-7-16)14(18)13-4-3-12(11-15)20-13/h12-13H,2-11,15H2,1H3. The van der Waals surface area contributed by atoms with Crippen molar-refractivity contribution in [1.82, 2.24) is 9.80 Å². The summed E-state index contributed by atoms with van der Waals surface area (Å²) in [6, 6.07) is 0. The van der Waals surface area contributed by atoms with Crippen molar-refractivity contribution in [2.75, 3.05) is 53.0 Å². The molecular weight excluding hydrogens is 258 g/mol. The summed E-state index contributed by atoms with van der Waals surface area (Å²) in [6.07, 6.45) is 2.52. The van der Waals surface area contributed by atoms with Crippen molar-refractivity contribution >= 4 is 5.91 Å². The Kier molecular flexibility index (Phi) is 6.22. The van der Waals surface area contributed by atoms with E-state index in [0.29, 0.717) is 6.54 Å². The van der Waals surface area contributed by atoms with Gasteiger partial charge in [0.1, 0.15) is 6.10 Å². The Labute approximate surface area is 121 Å². The van der Waals surface area contributed by atoms with Gasteiger partial charge >= 0.3 is 0 Å². The molecule has 6 nitrogen and oxygen atoms in total. The highest BCUT2D eigenvalue weighted by Crippen LogP contribution is 2.21. The van der Waals surface area contributed by atoms with E-state index in [-0.39, 0.29) is 18.1 Å². The van der Waals surface area contributed by atoms with Crippen molar-refractivity contribution in [2.45, 2.75) is 31.5 Å². The van der Waals surface area contributed by atoms with E-state index in [1.807, 2.05) is 4.90 Å². The second kappa shape index (κ2) is 7.93. The van der Waals surface area contributed by atoms with E-state index in [1.54, 1.807) is 7.11 Å². The van der Waals surface area contributed by atoms with Crippen LogP contribution < -0.4 is 5.73 Å². The quantitative estimate of drug-likeness (QED) is 0.749. The molecule has 0 spiro atoms. The van der Waals surface area contributed by atoms with Gasteiger partial charge in [-0.1, -0.05) is 0 Å². The Hall–Kier alpha value is -0.690. The van der Waals surface area contributed by atoms with Crippen LogP contribution in [0.4, 0.5) is 0 Å². The average Bonchev–Trinajstić information content (AvgIpc) is 2.83. The van der Waals surface area contributed by atoms with E-state index in [1.165, 1.54) is 0 Å². The predicted molar refractivity (Wildman–Crippen MR) is 76.5 cm³/mol. The topological polar surface area (TPSA) is 68.0 Å². The summed E-state index contributed by atoms with van der Waals surface area (Å²) in [5.41, 5.74) is 5.60. The van der Waals surface area contributed by atoms with Crippen LogP contribution in [-0.4, -0.2) is 80.9 Å². The van der Waals surface area contributed by atoms with Crippen molar-refractivity contribution in [3.05, 3.63) is 0 Å². The summed E-state index contributed by atoms with van der Waals surface area (Å²) >= 11 is 0. The Morgan fingerprint density at radius 3 is 2.85 bits per heavy atom. The van der Waals surface area contributed by atoms with E-state index in [2.05, 4.69) is 4.90 Å². The first kappa shape index (κ1) is 15.7. The van der Waals surface area contributed by atoms with E-state index in [4.69, 9.17) is 15.2 Å². The smallest absolute Gasteiger partial charge is 0.251 e. The van der Waals surface area contributed by atoms with Gasteiger partial charge in [-0.2, -0.15) is 0 Å². The van der Waals surface area contributed by atoms with Gasteiger partial charge < -0.3 is 20.1 Å². The number of hydrogen-bond acceptors (Lipinski definition) is 5. The van der Waals surface area contributed by atoms with Crippen molar-refractivity contribution in [1.29, 1.82) is 0 Å². The molecule has 0 saturated carbocycles. The van der Waals surface area contributed by atoms with Crippen molar-refractivity contribution in [2.24, 2.45) is 5.73 Å². The maximum Gasteiger partial charge on any atom is 0.251 e. The average molecular weight is 285 g/mol. The van der Waals surface area contributed by atoms with Crippen LogP contribution in [0, 0.1) is 0 Å². The first-order valence-corrected chi connectivity index (χ1v) is 7.60. The molecule has 0 aromatic heterocycles. The maximum absolute atomic E-state index is 12.5. The van der Waals surface area contributed by atoms with Gasteiger partial charge in [0, 0.05) is 39.8 Å². The second-order valence-corrected chi connectivity index (χ2v) is 5.57. The second-order valence-electron chi connectivity index (χ2n) is 5.57. The van der Waals surface area contributed by atoms with Gasteiger partial charge in [0.05, 0.1) is 12.7 Å². The monoisotopic (exact) mass is 285 g/mol. The summed E-state index contributed by atoms with van der Waals surface area (Å²) in [5, 5.41) is 0. The van der Waals surface area contributed by atoms with Crippen LogP contribution in [0.5, 0.6) is 0 Å². The zero-order chi connectivity index (χ0) is 14.4. The lowest BCUT2D eigenvalue weighted by molar-refractivity contribution is -0.142. The number of nitrogens with zero attached hydrogens (tertiary/aromatic N) is 2. The van der Waals surface area contributed by atoms with Gasteiger partial charge in [-0.05, 0) is 25.8 Å². The Morgan fingerprint density at radius 1 is 1.30 bits per heavy atom. The van der Waals surface area contributed by atoms with Gasteiger partial charge in [0.15, 0.2) is 0 Å². The number of amides is 1. The molecule has 0 aromatic rings. The van der Waals surface area contributed by atoms with E-state index in [0.717, 1.165) is 58.6 Å². The van der Waals surface area contributed by atoms with Crippen molar-refractivity contribution < 1.29 is 14.3 Å². The molecule has 116 valence electrons. The van der Waals surface area contributed by atoms with Crippen LogP contribution in [0.25, 0.3) is 0 Å². The molecule has 0 aromatic carbocycles. The molecule has 20 heavy (non-hydrogen) atoms. The normalized spacial score (nSPS) is 28.6. The molecule has 2 unspecified atom stereocenters. The molecule has 1 amide bonds. The molecule has 2 aliphatic rings. The van der Waals surface area contributed by atoms with E-state index < -0.39 is 0 Å². The zero-order valence-electron chi connectivity index (χ0n) is 12.4. The molecule has 2 rings (SSSR count). The number of rotatable bonds is 5. The highest BCUT2D eigenvalue weighted by molar-refractivity contribution is 5.81.